The van der Waals surface area contributed by atoms with Gasteiger partial charge >= 0.3 is 18.3 Å². The van der Waals surface area contributed by atoms with Crippen molar-refractivity contribution < 1.29 is 44.8 Å². The summed E-state index contributed by atoms with van der Waals surface area (Å²) in [6.07, 6.45) is -13.5. The predicted octanol–water partition coefficient (Wildman–Crippen LogP) is 4.92. The molecular formula is C18H15ClF8N4O2. The van der Waals surface area contributed by atoms with Gasteiger partial charge in [0.25, 0.3) is 0 Å². The average Bonchev–Trinajstić information content (AvgIpc) is 3.19. The van der Waals surface area contributed by atoms with Gasteiger partial charge in [0.1, 0.15) is 23.2 Å². The summed E-state index contributed by atoms with van der Waals surface area (Å²) in [5.41, 5.74) is -7.43. The predicted molar refractivity (Wildman–Crippen MR) is 102 cm³/mol. The average molecular weight is 507 g/mol. The molecule has 182 valence electrons. The van der Waals surface area contributed by atoms with Gasteiger partial charge in [-0.25, -0.2) is 0 Å². The van der Waals surface area contributed by atoms with Crippen molar-refractivity contribution in [3.05, 3.63) is 46.1 Å². The topological polar surface area (TPSA) is 94.2 Å². The van der Waals surface area contributed by atoms with Crippen molar-refractivity contribution in [1.82, 2.24) is 15.8 Å². The highest BCUT2D eigenvalue weighted by molar-refractivity contribution is 6.31. The third kappa shape index (κ3) is 5.28. The summed E-state index contributed by atoms with van der Waals surface area (Å²) in [6.45, 7) is 0. The number of rotatable bonds is 7. The number of alkyl halides is 8. The number of hydrogen-bond acceptors (Lipinski definition) is 6. The Bertz CT molecular complexity index is 1060. The van der Waals surface area contributed by atoms with Crippen LogP contribution < -0.4 is 10.6 Å². The van der Waals surface area contributed by atoms with Crippen LogP contribution in [0.1, 0.15) is 17.5 Å². The first-order chi connectivity index (χ1) is 15.1. The summed E-state index contributed by atoms with van der Waals surface area (Å²) in [7, 11) is 2.23. The Kier molecular flexibility index (Phi) is 7.45. The molecular weight excluding hydrogens is 492 g/mol. The summed E-state index contributed by atoms with van der Waals surface area (Å²) in [5, 5.41) is 24.7. The van der Waals surface area contributed by atoms with Crippen molar-refractivity contribution >= 4 is 23.0 Å². The first kappa shape index (κ1) is 26.5. The Balaban J connectivity index is 2.66. The van der Waals surface area contributed by atoms with Gasteiger partial charge in [0, 0.05) is 29.3 Å². The molecule has 0 radical (unpaired) electrons. The van der Waals surface area contributed by atoms with Crippen LogP contribution in [-0.4, -0.2) is 48.3 Å². The van der Waals surface area contributed by atoms with E-state index in [0.717, 1.165) is 13.1 Å². The normalized spacial score (nSPS) is 14.7. The molecule has 2 aromatic rings. The molecule has 2 rings (SSSR count). The van der Waals surface area contributed by atoms with Crippen molar-refractivity contribution in [2.45, 2.75) is 24.5 Å². The van der Waals surface area contributed by atoms with Gasteiger partial charge in [-0.2, -0.15) is 35.1 Å². The maximum atomic E-state index is 13.6. The molecule has 6 nitrogen and oxygen atoms in total. The third-order valence-corrected chi connectivity index (χ3v) is 4.66. The number of aromatic nitrogens is 1. The molecule has 15 heteroatoms. The molecule has 0 spiro atoms. The fraction of sp³-hybridized carbons (Fsp3) is 0.333. The smallest absolute Gasteiger partial charge is 0.386 e. The van der Waals surface area contributed by atoms with Crippen LogP contribution in [0.4, 0.5) is 35.1 Å². The number of hydrogen-bond donors (Lipinski definition) is 4. The van der Waals surface area contributed by atoms with Crippen LogP contribution in [0.15, 0.2) is 34.4 Å². The van der Waals surface area contributed by atoms with Crippen molar-refractivity contribution in [1.29, 1.82) is 5.41 Å². The molecule has 0 saturated carbocycles. The fourth-order valence-corrected chi connectivity index (χ4v) is 2.90. The van der Waals surface area contributed by atoms with Crippen LogP contribution in [0.25, 0.3) is 17.0 Å². The molecule has 0 saturated heterocycles. The second-order valence-corrected chi connectivity index (χ2v) is 6.86. The van der Waals surface area contributed by atoms with Gasteiger partial charge in [-0.15, -0.1) is 0 Å². The minimum absolute atomic E-state index is 0.123. The molecule has 1 unspecified atom stereocenters. The lowest BCUT2D eigenvalue weighted by atomic mass is 9.99. The van der Waals surface area contributed by atoms with Crippen molar-refractivity contribution in [3.8, 4) is 11.3 Å². The summed E-state index contributed by atoms with van der Waals surface area (Å²) in [6, 6.07) is 4.78. The summed E-state index contributed by atoms with van der Waals surface area (Å²) in [5.74, 6) is -6.32. The molecule has 4 N–H and O–H groups in total. The monoisotopic (exact) mass is 506 g/mol. The molecule has 1 aromatic carbocycles. The second-order valence-electron chi connectivity index (χ2n) is 6.45. The Labute approximate surface area is 185 Å². The van der Waals surface area contributed by atoms with Crippen molar-refractivity contribution in [2.24, 2.45) is 0 Å². The number of nitrogens with zero attached hydrogens (tertiary/aromatic N) is 1. The maximum absolute atomic E-state index is 13.6. The molecule has 1 heterocycles. The highest BCUT2D eigenvalue weighted by Crippen LogP contribution is 2.43. The van der Waals surface area contributed by atoms with E-state index >= 15 is 0 Å². The SMILES string of the molecule is CN/C(=C(\C(=N)C(F)(F)C(F)(F)F)C(F)(F)F)c1cc(-c2ccc(Cl)c(C(O)NC)c2)on1. The first-order valence-corrected chi connectivity index (χ1v) is 9.09. The van der Waals surface area contributed by atoms with Crippen LogP contribution in [0.5, 0.6) is 0 Å². The number of benzene rings is 1. The van der Waals surface area contributed by atoms with E-state index in [1.165, 1.54) is 25.2 Å². The van der Waals surface area contributed by atoms with Gasteiger partial charge in [-0.3, -0.25) is 10.7 Å². The van der Waals surface area contributed by atoms with Crippen molar-refractivity contribution in [2.75, 3.05) is 14.1 Å². The maximum Gasteiger partial charge on any atom is 0.459 e. The number of halogens is 9. The quantitative estimate of drug-likeness (QED) is 0.243. The molecule has 0 amide bonds. The Morgan fingerprint density at radius 2 is 1.70 bits per heavy atom. The van der Waals surface area contributed by atoms with E-state index in [4.69, 9.17) is 21.5 Å². The van der Waals surface area contributed by atoms with E-state index in [2.05, 4.69) is 10.5 Å². The summed E-state index contributed by atoms with van der Waals surface area (Å²) >= 11 is 5.97. The molecule has 1 aromatic heterocycles. The van der Waals surface area contributed by atoms with E-state index in [9.17, 15) is 40.2 Å². The molecule has 0 aliphatic carbocycles. The van der Waals surface area contributed by atoms with Gasteiger partial charge in [0.05, 0.1) is 5.70 Å². The molecule has 1 atom stereocenters. The lowest BCUT2D eigenvalue weighted by Crippen LogP contribution is -2.47. The van der Waals surface area contributed by atoms with E-state index in [1.807, 2.05) is 5.32 Å². The van der Waals surface area contributed by atoms with E-state index in [1.54, 1.807) is 0 Å². The minimum atomic E-state index is -6.44. The lowest BCUT2D eigenvalue weighted by Gasteiger charge is -2.24. The highest BCUT2D eigenvalue weighted by atomic mass is 35.5. The zero-order valence-corrected chi connectivity index (χ0v) is 17.3. The zero-order chi connectivity index (χ0) is 25.4. The van der Waals surface area contributed by atoms with Crippen LogP contribution >= 0.6 is 11.6 Å². The highest BCUT2D eigenvalue weighted by Gasteiger charge is 2.64. The Morgan fingerprint density at radius 1 is 1.09 bits per heavy atom. The summed E-state index contributed by atoms with van der Waals surface area (Å²) < 4.78 is 111. The molecule has 0 fully saturated rings. The van der Waals surface area contributed by atoms with Crippen LogP contribution in [-0.2, 0) is 0 Å². The molecule has 0 bridgehead atoms. The molecule has 0 aliphatic heterocycles. The van der Waals surface area contributed by atoms with Gasteiger partial charge in [-0.05, 0) is 25.2 Å². The van der Waals surface area contributed by atoms with Gasteiger partial charge in [-0.1, -0.05) is 16.8 Å². The van der Waals surface area contributed by atoms with Crippen LogP contribution in [0.3, 0.4) is 0 Å². The van der Waals surface area contributed by atoms with E-state index in [0.29, 0.717) is 0 Å². The lowest BCUT2D eigenvalue weighted by molar-refractivity contribution is -0.250. The molecule has 33 heavy (non-hydrogen) atoms. The van der Waals surface area contributed by atoms with Crippen LogP contribution in [0, 0.1) is 5.41 Å². The van der Waals surface area contributed by atoms with Gasteiger partial charge < -0.3 is 14.9 Å². The van der Waals surface area contributed by atoms with Crippen molar-refractivity contribution in [3.63, 3.8) is 0 Å². The third-order valence-electron chi connectivity index (χ3n) is 4.32. The minimum Gasteiger partial charge on any atom is -0.386 e. The Morgan fingerprint density at radius 3 is 2.18 bits per heavy atom. The van der Waals surface area contributed by atoms with Gasteiger partial charge in [0.15, 0.2) is 5.76 Å². The molecule has 0 aliphatic rings. The number of allylic oxidation sites excluding steroid dienone is 1. The second kappa shape index (κ2) is 9.27. The largest absolute Gasteiger partial charge is 0.459 e. The fourth-order valence-electron chi connectivity index (χ4n) is 2.68. The van der Waals surface area contributed by atoms with Gasteiger partial charge in [0.2, 0.25) is 0 Å². The zero-order valence-electron chi connectivity index (χ0n) is 16.6. The number of aliphatic hydroxyl groups is 1. The number of aliphatic hydroxyl groups excluding tert-OH is 1. The summed E-state index contributed by atoms with van der Waals surface area (Å²) in [4.78, 5) is 0. The van der Waals surface area contributed by atoms with E-state index in [-0.39, 0.29) is 21.9 Å². The Hall–Kier alpha value is -2.71. The number of nitrogens with one attached hydrogen (secondary N) is 3. The van der Waals surface area contributed by atoms with E-state index < -0.39 is 47.2 Å². The van der Waals surface area contributed by atoms with Crippen LogP contribution in [0.2, 0.25) is 5.02 Å². The standard InChI is InChI=1S/C18H15ClF8N4O2/c1-29-13(12(17(22,23)24)14(28)16(20,21)18(25,26)27)10-6-11(33-31-10)7-3-4-9(19)8(5-7)15(32)30-2/h3-6,15,28-30,32H,1-2H3/b13-12+,28-14?. The first-order valence-electron chi connectivity index (χ1n) is 8.71.